The molecule has 7 heteroatoms. The van der Waals surface area contributed by atoms with E-state index in [9.17, 15) is 9.18 Å². The molecule has 2 N–H and O–H groups in total. The Balaban J connectivity index is 1.36. The maximum Gasteiger partial charge on any atom is 0.228 e. The Bertz CT molecular complexity index is 1110. The molecule has 0 atom stereocenters. The second kappa shape index (κ2) is 8.62. The van der Waals surface area contributed by atoms with E-state index < -0.39 is 0 Å². The standard InChI is InChI=1S/C22H17FN4OS/c23-19-4-2-1-3-16(19)13-21(28)25-17-5-7-18(8-6-17)26-22-27-20(14-29-22)15-9-11-24-12-10-15/h1-12,14H,13H2,(H,25,28)(H,26,27). The number of anilines is 3. The fraction of sp³-hybridized carbons (Fsp3) is 0.0455. The van der Waals surface area contributed by atoms with Crippen LogP contribution in [-0.4, -0.2) is 15.9 Å². The molecule has 2 aromatic heterocycles. The number of pyridine rings is 1. The van der Waals surface area contributed by atoms with Crippen molar-refractivity contribution >= 4 is 33.8 Å². The van der Waals surface area contributed by atoms with Crippen molar-refractivity contribution in [2.45, 2.75) is 6.42 Å². The van der Waals surface area contributed by atoms with Crippen molar-refractivity contribution in [2.75, 3.05) is 10.6 Å². The number of hydrogen-bond acceptors (Lipinski definition) is 5. The van der Waals surface area contributed by atoms with Crippen LogP contribution in [0.25, 0.3) is 11.3 Å². The van der Waals surface area contributed by atoms with Crippen LogP contribution in [0.2, 0.25) is 0 Å². The Morgan fingerprint density at radius 3 is 2.45 bits per heavy atom. The second-order valence-corrected chi connectivity index (χ2v) is 7.15. The van der Waals surface area contributed by atoms with Crippen LogP contribution in [0.5, 0.6) is 0 Å². The maximum absolute atomic E-state index is 13.7. The number of aromatic nitrogens is 2. The molecule has 0 aliphatic rings. The van der Waals surface area contributed by atoms with E-state index in [0.29, 0.717) is 11.3 Å². The van der Waals surface area contributed by atoms with Gasteiger partial charge in [-0.05, 0) is 48.0 Å². The number of hydrogen-bond donors (Lipinski definition) is 2. The van der Waals surface area contributed by atoms with E-state index in [2.05, 4.69) is 20.6 Å². The predicted molar refractivity (Wildman–Crippen MR) is 114 cm³/mol. The topological polar surface area (TPSA) is 66.9 Å². The highest BCUT2D eigenvalue weighted by molar-refractivity contribution is 7.14. The average molecular weight is 404 g/mol. The second-order valence-electron chi connectivity index (χ2n) is 6.29. The SMILES string of the molecule is O=C(Cc1ccccc1F)Nc1ccc(Nc2nc(-c3ccncc3)cs2)cc1. The minimum atomic E-state index is -0.378. The molecule has 2 aromatic carbocycles. The highest BCUT2D eigenvalue weighted by atomic mass is 32.1. The van der Waals surface area contributed by atoms with E-state index in [0.717, 1.165) is 22.1 Å². The Hall–Kier alpha value is -3.58. The largest absolute Gasteiger partial charge is 0.332 e. The monoisotopic (exact) mass is 404 g/mol. The number of rotatable bonds is 6. The molecular formula is C22H17FN4OS. The van der Waals surface area contributed by atoms with Gasteiger partial charge >= 0.3 is 0 Å². The normalized spacial score (nSPS) is 10.5. The molecule has 4 rings (SSSR count). The maximum atomic E-state index is 13.7. The summed E-state index contributed by atoms with van der Waals surface area (Å²) >= 11 is 1.51. The van der Waals surface area contributed by atoms with Gasteiger partial charge in [0.2, 0.25) is 5.91 Å². The molecule has 2 heterocycles. The zero-order valence-corrected chi connectivity index (χ0v) is 16.1. The summed E-state index contributed by atoms with van der Waals surface area (Å²) in [6.07, 6.45) is 3.46. The number of carbonyl (C=O) groups is 1. The molecule has 0 spiro atoms. The van der Waals surface area contributed by atoms with Crippen molar-refractivity contribution in [3.8, 4) is 11.3 Å². The summed E-state index contributed by atoms with van der Waals surface area (Å²) in [6, 6.07) is 17.4. The molecule has 29 heavy (non-hydrogen) atoms. The third-order valence-corrected chi connectivity index (χ3v) is 4.97. The summed E-state index contributed by atoms with van der Waals surface area (Å²) in [5.41, 5.74) is 3.77. The van der Waals surface area contributed by atoms with Gasteiger partial charge in [0.25, 0.3) is 0 Å². The number of amides is 1. The third kappa shape index (κ3) is 4.83. The van der Waals surface area contributed by atoms with Gasteiger partial charge in [-0.25, -0.2) is 9.37 Å². The van der Waals surface area contributed by atoms with Crippen molar-refractivity contribution in [3.63, 3.8) is 0 Å². The summed E-state index contributed by atoms with van der Waals surface area (Å²) in [6.45, 7) is 0. The Labute approximate surface area is 171 Å². The van der Waals surface area contributed by atoms with Crippen LogP contribution in [0, 0.1) is 5.82 Å². The first-order chi connectivity index (χ1) is 14.2. The summed E-state index contributed by atoms with van der Waals surface area (Å²) in [5.74, 6) is -0.644. The van der Waals surface area contributed by atoms with Crippen LogP contribution < -0.4 is 10.6 Å². The number of thiazole rings is 1. The van der Waals surface area contributed by atoms with Crippen LogP contribution in [-0.2, 0) is 11.2 Å². The first kappa shape index (κ1) is 18.8. The van der Waals surface area contributed by atoms with E-state index in [1.807, 2.05) is 29.6 Å². The molecule has 5 nitrogen and oxygen atoms in total. The predicted octanol–water partition coefficient (Wildman–Crippen LogP) is 5.27. The van der Waals surface area contributed by atoms with Crippen molar-refractivity contribution in [2.24, 2.45) is 0 Å². The van der Waals surface area contributed by atoms with Crippen LogP contribution in [0.15, 0.2) is 78.4 Å². The molecule has 0 saturated heterocycles. The van der Waals surface area contributed by atoms with Crippen molar-refractivity contribution < 1.29 is 9.18 Å². The quantitative estimate of drug-likeness (QED) is 0.459. The number of halogens is 1. The van der Waals surface area contributed by atoms with E-state index in [-0.39, 0.29) is 18.1 Å². The zero-order chi connectivity index (χ0) is 20.1. The fourth-order valence-corrected chi connectivity index (χ4v) is 3.51. The minimum absolute atomic E-state index is 0.0103. The van der Waals surface area contributed by atoms with E-state index in [1.54, 1.807) is 42.7 Å². The van der Waals surface area contributed by atoms with Gasteiger partial charge in [-0.3, -0.25) is 9.78 Å². The van der Waals surface area contributed by atoms with E-state index >= 15 is 0 Å². The molecule has 0 radical (unpaired) electrons. The van der Waals surface area contributed by atoms with Gasteiger partial charge in [-0.2, -0.15) is 0 Å². The lowest BCUT2D eigenvalue weighted by Crippen LogP contribution is -2.15. The molecule has 0 saturated carbocycles. The summed E-state index contributed by atoms with van der Waals surface area (Å²) in [4.78, 5) is 20.7. The number of carbonyl (C=O) groups excluding carboxylic acids is 1. The molecular weight excluding hydrogens is 387 g/mol. The summed E-state index contributed by atoms with van der Waals surface area (Å²) < 4.78 is 13.7. The first-order valence-corrected chi connectivity index (χ1v) is 9.81. The molecule has 0 unspecified atom stereocenters. The zero-order valence-electron chi connectivity index (χ0n) is 15.3. The molecule has 0 bridgehead atoms. The fourth-order valence-electron chi connectivity index (χ4n) is 2.77. The van der Waals surface area contributed by atoms with E-state index in [1.165, 1.54) is 17.4 Å². The van der Waals surface area contributed by atoms with Gasteiger partial charge in [-0.15, -0.1) is 11.3 Å². The van der Waals surface area contributed by atoms with Crippen LogP contribution in [0.3, 0.4) is 0 Å². The van der Waals surface area contributed by atoms with Gasteiger partial charge in [-0.1, -0.05) is 18.2 Å². The molecule has 0 aliphatic carbocycles. The highest BCUT2D eigenvalue weighted by Gasteiger charge is 2.08. The van der Waals surface area contributed by atoms with Crippen LogP contribution >= 0.6 is 11.3 Å². The molecule has 0 aliphatic heterocycles. The summed E-state index contributed by atoms with van der Waals surface area (Å²) in [5, 5.41) is 8.79. The molecule has 0 fully saturated rings. The van der Waals surface area contributed by atoms with Crippen LogP contribution in [0.4, 0.5) is 20.9 Å². The van der Waals surface area contributed by atoms with Crippen molar-refractivity contribution in [3.05, 3.63) is 89.8 Å². The Kier molecular flexibility index (Phi) is 5.58. The smallest absolute Gasteiger partial charge is 0.228 e. The Morgan fingerprint density at radius 2 is 1.69 bits per heavy atom. The lowest BCUT2D eigenvalue weighted by atomic mass is 10.1. The minimum Gasteiger partial charge on any atom is -0.332 e. The van der Waals surface area contributed by atoms with Gasteiger partial charge in [0.05, 0.1) is 12.1 Å². The number of nitrogens with zero attached hydrogens (tertiary/aromatic N) is 2. The van der Waals surface area contributed by atoms with Gasteiger partial charge in [0.15, 0.2) is 5.13 Å². The van der Waals surface area contributed by atoms with Crippen molar-refractivity contribution in [1.82, 2.24) is 9.97 Å². The number of nitrogens with one attached hydrogen (secondary N) is 2. The molecule has 1 amide bonds. The Morgan fingerprint density at radius 1 is 0.966 bits per heavy atom. The van der Waals surface area contributed by atoms with Crippen molar-refractivity contribution in [1.29, 1.82) is 0 Å². The lowest BCUT2D eigenvalue weighted by molar-refractivity contribution is -0.115. The average Bonchev–Trinajstić information content (AvgIpc) is 3.20. The molecule has 144 valence electrons. The third-order valence-electron chi connectivity index (χ3n) is 4.21. The highest BCUT2D eigenvalue weighted by Crippen LogP contribution is 2.27. The van der Waals surface area contributed by atoms with Gasteiger partial charge in [0.1, 0.15) is 5.82 Å². The van der Waals surface area contributed by atoms with Gasteiger partial charge in [0, 0.05) is 34.7 Å². The lowest BCUT2D eigenvalue weighted by Gasteiger charge is -2.08. The van der Waals surface area contributed by atoms with Gasteiger partial charge < -0.3 is 10.6 Å². The number of benzene rings is 2. The van der Waals surface area contributed by atoms with E-state index in [4.69, 9.17) is 0 Å². The first-order valence-electron chi connectivity index (χ1n) is 8.94. The summed E-state index contributed by atoms with van der Waals surface area (Å²) in [7, 11) is 0. The molecule has 4 aromatic rings. The van der Waals surface area contributed by atoms with Crippen LogP contribution in [0.1, 0.15) is 5.56 Å².